The van der Waals surface area contributed by atoms with E-state index in [2.05, 4.69) is 20.6 Å². The molecule has 0 aliphatic rings. The van der Waals surface area contributed by atoms with Crippen molar-refractivity contribution in [3.63, 3.8) is 0 Å². The maximum absolute atomic E-state index is 11.1. The molecule has 18 heavy (non-hydrogen) atoms. The molecule has 0 radical (unpaired) electrons. The number of hydrogen-bond acceptors (Lipinski definition) is 5. The van der Waals surface area contributed by atoms with Crippen molar-refractivity contribution in [1.29, 1.82) is 0 Å². The minimum absolute atomic E-state index is 0.0266. The molecule has 0 unspecified atom stereocenters. The Morgan fingerprint density at radius 3 is 2.61 bits per heavy atom. The number of carboxylic acids is 1. The van der Waals surface area contributed by atoms with E-state index in [1.165, 1.54) is 13.2 Å². The Balaban J connectivity index is 2.97. The maximum atomic E-state index is 11.1. The minimum atomic E-state index is -1.15. The molecule has 0 saturated heterocycles. The van der Waals surface area contributed by atoms with Crippen LogP contribution in [0.2, 0.25) is 0 Å². The van der Waals surface area contributed by atoms with Gasteiger partial charge in [0.2, 0.25) is 5.91 Å². The summed E-state index contributed by atoms with van der Waals surface area (Å²) >= 11 is 0. The van der Waals surface area contributed by atoms with Crippen LogP contribution in [0.4, 0.5) is 5.69 Å². The van der Waals surface area contributed by atoms with Gasteiger partial charge >= 0.3 is 5.97 Å². The van der Waals surface area contributed by atoms with Gasteiger partial charge in [-0.25, -0.2) is 14.8 Å². The van der Waals surface area contributed by atoms with E-state index >= 15 is 0 Å². The van der Waals surface area contributed by atoms with E-state index in [-0.39, 0.29) is 29.8 Å². The van der Waals surface area contributed by atoms with E-state index in [1.807, 2.05) is 13.8 Å². The van der Waals surface area contributed by atoms with Gasteiger partial charge in [-0.2, -0.15) is 0 Å². The Morgan fingerprint density at radius 1 is 1.44 bits per heavy atom. The molecular weight excluding hydrogens is 236 g/mol. The summed E-state index contributed by atoms with van der Waals surface area (Å²) in [5.41, 5.74) is 0.105. The third kappa shape index (κ3) is 3.41. The molecule has 0 atom stereocenters. The Labute approximate surface area is 105 Å². The van der Waals surface area contributed by atoms with Gasteiger partial charge in [-0.1, -0.05) is 13.8 Å². The van der Waals surface area contributed by atoms with Gasteiger partial charge in [-0.05, 0) is 0 Å². The van der Waals surface area contributed by atoms with Crippen LogP contribution in [-0.2, 0) is 4.79 Å². The normalized spacial score (nSPS) is 10.2. The summed E-state index contributed by atoms with van der Waals surface area (Å²) in [5, 5.41) is 14.2. The predicted octanol–water partition coefficient (Wildman–Crippen LogP) is 0.456. The number of aromatic nitrogens is 2. The second-order valence-electron chi connectivity index (χ2n) is 3.98. The molecule has 0 fully saturated rings. The lowest BCUT2D eigenvalue weighted by molar-refractivity contribution is -0.118. The molecule has 0 aromatic carbocycles. The molecule has 1 aromatic heterocycles. The number of anilines is 1. The SMILES string of the molecule is CNC(=O)CNc1cnc(C(C)C)nc1C(=O)O. The molecule has 3 N–H and O–H groups in total. The van der Waals surface area contributed by atoms with Crippen molar-refractivity contribution < 1.29 is 14.7 Å². The highest BCUT2D eigenvalue weighted by Crippen LogP contribution is 2.16. The second-order valence-corrected chi connectivity index (χ2v) is 3.98. The zero-order chi connectivity index (χ0) is 13.7. The molecule has 0 saturated carbocycles. The number of amides is 1. The number of rotatable bonds is 5. The lowest BCUT2D eigenvalue weighted by atomic mass is 10.2. The second kappa shape index (κ2) is 5.95. The van der Waals surface area contributed by atoms with Gasteiger partial charge in [0.15, 0.2) is 5.69 Å². The zero-order valence-electron chi connectivity index (χ0n) is 10.5. The van der Waals surface area contributed by atoms with E-state index in [1.54, 1.807) is 0 Å². The van der Waals surface area contributed by atoms with Gasteiger partial charge < -0.3 is 15.7 Å². The summed E-state index contributed by atoms with van der Waals surface area (Å²) < 4.78 is 0. The van der Waals surface area contributed by atoms with Gasteiger partial charge in [0.1, 0.15) is 5.82 Å². The largest absolute Gasteiger partial charge is 0.476 e. The molecule has 98 valence electrons. The van der Waals surface area contributed by atoms with Crippen LogP contribution >= 0.6 is 0 Å². The fraction of sp³-hybridized carbons (Fsp3) is 0.455. The predicted molar refractivity (Wildman–Crippen MR) is 65.6 cm³/mol. The summed E-state index contributed by atoms with van der Waals surface area (Å²) in [6.45, 7) is 3.72. The summed E-state index contributed by atoms with van der Waals surface area (Å²) in [7, 11) is 1.50. The van der Waals surface area contributed by atoms with Gasteiger partial charge in [-0.3, -0.25) is 4.79 Å². The fourth-order valence-corrected chi connectivity index (χ4v) is 1.23. The van der Waals surface area contributed by atoms with Crippen molar-refractivity contribution in [2.75, 3.05) is 18.9 Å². The summed E-state index contributed by atoms with van der Waals surface area (Å²) in [4.78, 5) is 30.2. The van der Waals surface area contributed by atoms with Crippen LogP contribution in [0.5, 0.6) is 0 Å². The molecule has 1 heterocycles. The zero-order valence-corrected chi connectivity index (χ0v) is 10.5. The van der Waals surface area contributed by atoms with E-state index in [4.69, 9.17) is 5.11 Å². The van der Waals surface area contributed by atoms with Crippen molar-refractivity contribution in [2.24, 2.45) is 0 Å². The first-order valence-corrected chi connectivity index (χ1v) is 5.50. The van der Waals surface area contributed by atoms with Crippen molar-refractivity contribution in [3.8, 4) is 0 Å². The molecular formula is C11H16N4O3. The number of aromatic carboxylic acids is 1. The Kier molecular flexibility index (Phi) is 4.59. The molecule has 1 rings (SSSR count). The maximum Gasteiger partial charge on any atom is 0.356 e. The van der Waals surface area contributed by atoms with Gasteiger partial charge in [-0.15, -0.1) is 0 Å². The van der Waals surface area contributed by atoms with Crippen LogP contribution < -0.4 is 10.6 Å². The highest BCUT2D eigenvalue weighted by Gasteiger charge is 2.15. The highest BCUT2D eigenvalue weighted by atomic mass is 16.4. The van der Waals surface area contributed by atoms with Crippen LogP contribution in [-0.4, -0.2) is 40.5 Å². The van der Waals surface area contributed by atoms with E-state index in [0.717, 1.165) is 0 Å². The summed E-state index contributed by atoms with van der Waals surface area (Å²) in [6.07, 6.45) is 1.38. The highest BCUT2D eigenvalue weighted by molar-refractivity contribution is 5.92. The molecule has 1 amide bonds. The van der Waals surface area contributed by atoms with Crippen LogP contribution in [0, 0.1) is 0 Å². The van der Waals surface area contributed by atoms with Crippen molar-refractivity contribution >= 4 is 17.6 Å². The average molecular weight is 252 g/mol. The van der Waals surface area contributed by atoms with E-state index < -0.39 is 5.97 Å². The smallest absolute Gasteiger partial charge is 0.356 e. The topological polar surface area (TPSA) is 104 Å². The number of carboxylic acid groups (broad SMARTS) is 1. The number of carbonyl (C=O) groups excluding carboxylic acids is 1. The standard InChI is InChI=1S/C11H16N4O3/c1-6(2)10-14-4-7(9(15-10)11(17)18)13-5-8(16)12-3/h4,6,13H,5H2,1-3H3,(H,12,16)(H,17,18). The first kappa shape index (κ1) is 13.9. The lowest BCUT2D eigenvalue weighted by Gasteiger charge is -2.10. The van der Waals surface area contributed by atoms with Crippen LogP contribution in [0.15, 0.2) is 6.20 Å². The van der Waals surface area contributed by atoms with Gasteiger partial charge in [0.25, 0.3) is 0 Å². The Hall–Kier alpha value is -2.18. The Morgan fingerprint density at radius 2 is 2.11 bits per heavy atom. The molecule has 0 aliphatic carbocycles. The molecule has 1 aromatic rings. The van der Waals surface area contributed by atoms with E-state index in [0.29, 0.717) is 5.82 Å². The van der Waals surface area contributed by atoms with Gasteiger partial charge in [0.05, 0.1) is 18.4 Å². The van der Waals surface area contributed by atoms with Crippen molar-refractivity contribution in [1.82, 2.24) is 15.3 Å². The summed E-state index contributed by atoms with van der Waals surface area (Å²) in [6, 6.07) is 0. The van der Waals surface area contributed by atoms with Crippen molar-refractivity contribution in [2.45, 2.75) is 19.8 Å². The number of carbonyl (C=O) groups is 2. The minimum Gasteiger partial charge on any atom is -0.476 e. The monoisotopic (exact) mass is 252 g/mol. The Bertz CT molecular complexity index is 460. The van der Waals surface area contributed by atoms with Gasteiger partial charge in [0, 0.05) is 13.0 Å². The quantitative estimate of drug-likeness (QED) is 0.703. The van der Waals surface area contributed by atoms with Crippen LogP contribution in [0.3, 0.4) is 0 Å². The number of nitrogens with zero attached hydrogens (tertiary/aromatic N) is 2. The van der Waals surface area contributed by atoms with Crippen molar-refractivity contribution in [3.05, 3.63) is 17.7 Å². The van der Waals surface area contributed by atoms with E-state index in [9.17, 15) is 9.59 Å². The van der Waals surface area contributed by atoms with Crippen LogP contribution in [0.25, 0.3) is 0 Å². The lowest BCUT2D eigenvalue weighted by Crippen LogP contribution is -2.27. The molecule has 0 spiro atoms. The molecule has 0 bridgehead atoms. The third-order valence-electron chi connectivity index (χ3n) is 2.24. The first-order valence-electron chi connectivity index (χ1n) is 5.50. The third-order valence-corrected chi connectivity index (χ3v) is 2.24. The molecule has 0 aliphatic heterocycles. The molecule has 7 heteroatoms. The summed E-state index contributed by atoms with van der Waals surface area (Å²) in [5.74, 6) is -0.910. The average Bonchev–Trinajstić information content (AvgIpc) is 2.35. The molecule has 7 nitrogen and oxygen atoms in total. The number of hydrogen-bond donors (Lipinski definition) is 3. The fourth-order valence-electron chi connectivity index (χ4n) is 1.23. The first-order chi connectivity index (χ1) is 8.45. The number of likely N-dealkylation sites (N-methyl/N-ethyl adjacent to an activating group) is 1. The van der Waals surface area contributed by atoms with Crippen LogP contribution in [0.1, 0.15) is 36.1 Å². The number of nitrogens with one attached hydrogen (secondary N) is 2.